The second-order valence-corrected chi connectivity index (χ2v) is 27.9. The summed E-state index contributed by atoms with van der Waals surface area (Å²) in [5.74, 6) is 0. The van der Waals surface area contributed by atoms with Crippen molar-refractivity contribution in [2.75, 3.05) is 94.6 Å². The van der Waals surface area contributed by atoms with Crippen LogP contribution in [0.15, 0.2) is 48.5 Å². The third-order valence-corrected chi connectivity index (χ3v) is 13.7. The van der Waals surface area contributed by atoms with Crippen LogP contribution in [0, 0.1) is 21.7 Å². The second kappa shape index (κ2) is 25.4. The molecule has 0 N–H and O–H groups in total. The predicted octanol–water partition coefficient (Wildman–Crippen LogP) is 14.8. The quantitative estimate of drug-likeness (QED) is 0.124. The molecule has 0 bridgehead atoms. The molecular formula is C59H112N4+4. The molecule has 0 saturated carbocycles. The number of hydrogen-bond donors (Lipinski definition) is 0. The Bertz CT molecular complexity index is 1450. The van der Waals surface area contributed by atoms with Crippen LogP contribution in [0.1, 0.15) is 189 Å². The van der Waals surface area contributed by atoms with Gasteiger partial charge in [-0.3, -0.25) is 0 Å². The van der Waals surface area contributed by atoms with E-state index in [0.29, 0.717) is 21.7 Å². The maximum atomic E-state index is 2.44. The highest BCUT2D eigenvalue weighted by molar-refractivity contribution is 5.23. The van der Waals surface area contributed by atoms with Crippen LogP contribution in [-0.4, -0.2) is 113 Å². The lowest BCUT2D eigenvalue weighted by atomic mass is 9.88. The summed E-state index contributed by atoms with van der Waals surface area (Å²) in [6.07, 6.45) is 20.8. The first kappa shape index (κ1) is 57.4. The van der Waals surface area contributed by atoms with Crippen LogP contribution in [0.2, 0.25) is 0 Å². The fraction of sp³-hybridized carbons (Fsp3) is 0.797. The first-order valence-corrected chi connectivity index (χ1v) is 26.3. The van der Waals surface area contributed by atoms with Gasteiger partial charge in [0.25, 0.3) is 0 Å². The monoisotopic (exact) mass is 877 g/mol. The third-order valence-electron chi connectivity index (χ3n) is 13.7. The summed E-state index contributed by atoms with van der Waals surface area (Å²) in [4.78, 5) is 0. The maximum absolute atomic E-state index is 2.44. The lowest BCUT2D eigenvalue weighted by Crippen LogP contribution is -2.41. The van der Waals surface area contributed by atoms with Gasteiger partial charge in [-0.15, -0.1) is 0 Å². The van der Waals surface area contributed by atoms with Crippen molar-refractivity contribution in [3.05, 3.63) is 70.8 Å². The molecule has 0 aromatic heterocycles. The minimum atomic E-state index is 0.377. The number of likely N-dealkylation sites (tertiary alicyclic amines) is 3. The first-order chi connectivity index (χ1) is 28.8. The zero-order chi connectivity index (χ0) is 47.6. The van der Waals surface area contributed by atoms with Crippen molar-refractivity contribution in [2.45, 2.75) is 192 Å². The van der Waals surface area contributed by atoms with E-state index in [9.17, 15) is 0 Å². The molecule has 3 aliphatic heterocycles. The molecule has 0 radical (unpaired) electrons. The molecule has 0 amide bonds. The van der Waals surface area contributed by atoms with Crippen molar-refractivity contribution in [1.82, 2.24) is 0 Å². The summed E-state index contributed by atoms with van der Waals surface area (Å²) in [6.45, 7) is 41.4. The van der Waals surface area contributed by atoms with E-state index >= 15 is 0 Å². The number of unbranched alkanes of at least 4 members (excludes halogenated alkanes) is 3. The smallest absolute Gasteiger partial charge is 0.104 e. The minimum absolute atomic E-state index is 0.377. The molecule has 364 valence electrons. The number of nitrogens with zero attached hydrogens (tertiary/aromatic N) is 4. The van der Waals surface area contributed by atoms with Crippen LogP contribution >= 0.6 is 0 Å². The van der Waals surface area contributed by atoms with E-state index in [2.05, 4.69) is 174 Å². The van der Waals surface area contributed by atoms with Crippen molar-refractivity contribution >= 4 is 0 Å². The van der Waals surface area contributed by atoms with E-state index in [4.69, 9.17) is 0 Å². The molecule has 5 rings (SSSR count). The van der Waals surface area contributed by atoms with Gasteiger partial charge in [-0.25, -0.2) is 0 Å². The topological polar surface area (TPSA) is 0 Å². The molecule has 2 aromatic rings. The van der Waals surface area contributed by atoms with Gasteiger partial charge in [0.2, 0.25) is 0 Å². The molecule has 63 heavy (non-hydrogen) atoms. The molecular weight excluding hydrogens is 765 g/mol. The maximum Gasteiger partial charge on any atom is 0.104 e. The van der Waals surface area contributed by atoms with Crippen molar-refractivity contribution in [1.29, 1.82) is 0 Å². The number of quaternary nitrogens is 4. The normalized spacial score (nSPS) is 18.4. The van der Waals surface area contributed by atoms with Crippen LogP contribution in [0.5, 0.6) is 0 Å². The van der Waals surface area contributed by atoms with E-state index in [-0.39, 0.29) is 0 Å². The lowest BCUT2D eigenvalue weighted by Gasteiger charge is -2.29. The third kappa shape index (κ3) is 28.8. The van der Waals surface area contributed by atoms with E-state index in [1.54, 1.807) is 0 Å². The molecule has 2 aromatic carbocycles. The average molecular weight is 878 g/mol. The van der Waals surface area contributed by atoms with Gasteiger partial charge in [-0.2, -0.15) is 0 Å². The van der Waals surface area contributed by atoms with E-state index < -0.39 is 0 Å². The van der Waals surface area contributed by atoms with Gasteiger partial charge in [0.15, 0.2) is 0 Å². The molecule has 0 aliphatic carbocycles. The molecule has 0 atom stereocenters. The highest BCUT2D eigenvalue weighted by Gasteiger charge is 2.28. The summed E-state index contributed by atoms with van der Waals surface area (Å²) >= 11 is 0. The van der Waals surface area contributed by atoms with Crippen molar-refractivity contribution in [2.24, 2.45) is 21.7 Å². The fourth-order valence-corrected chi connectivity index (χ4v) is 10.1. The van der Waals surface area contributed by atoms with Crippen LogP contribution in [-0.2, 0) is 25.9 Å². The van der Waals surface area contributed by atoms with Gasteiger partial charge in [-0.05, 0) is 84.2 Å². The Morgan fingerprint density at radius 3 is 1.02 bits per heavy atom. The molecule has 3 saturated heterocycles. The molecule has 3 heterocycles. The SMILES string of the molecule is CC(C)(C)CCCCC[N+]1(C)CCCC1.CC(C)(C)CCCC[N+]1(C)CCCC1.CC(C)(C)Cc1ccc(C[N+](C)(C)C)cc1.CC(C)(C)Cc1ccc(C[N+]2(C)CCCC2)cc1. The van der Waals surface area contributed by atoms with Gasteiger partial charge in [0.05, 0.1) is 94.6 Å². The van der Waals surface area contributed by atoms with Crippen LogP contribution in [0.25, 0.3) is 0 Å². The molecule has 0 unspecified atom stereocenters. The van der Waals surface area contributed by atoms with Gasteiger partial charge < -0.3 is 17.9 Å². The molecule has 3 fully saturated rings. The van der Waals surface area contributed by atoms with Crippen molar-refractivity contribution < 1.29 is 17.9 Å². The second-order valence-electron chi connectivity index (χ2n) is 27.9. The summed E-state index contributed by atoms with van der Waals surface area (Å²) in [7, 11) is 14.0. The lowest BCUT2D eigenvalue weighted by molar-refractivity contribution is -0.910. The van der Waals surface area contributed by atoms with Gasteiger partial charge in [-0.1, -0.05) is 138 Å². The average Bonchev–Trinajstić information content (AvgIpc) is 3.88. The summed E-state index contributed by atoms with van der Waals surface area (Å²) in [5.41, 5.74) is 7.65. The highest BCUT2D eigenvalue weighted by atomic mass is 15.3. The molecule has 4 heteroatoms. The summed E-state index contributed by atoms with van der Waals surface area (Å²) in [5, 5.41) is 0. The Morgan fingerprint density at radius 2 is 0.683 bits per heavy atom. The zero-order valence-corrected chi connectivity index (χ0v) is 46.1. The van der Waals surface area contributed by atoms with E-state index in [1.807, 2.05) is 0 Å². The summed E-state index contributed by atoms with van der Waals surface area (Å²) in [6, 6.07) is 18.4. The molecule has 3 aliphatic rings. The van der Waals surface area contributed by atoms with Crippen LogP contribution < -0.4 is 0 Å². The Hall–Kier alpha value is -1.72. The largest absolute Gasteiger partial charge is 0.327 e. The summed E-state index contributed by atoms with van der Waals surface area (Å²) < 4.78 is 4.93. The Labute approximate surface area is 396 Å². The Kier molecular flexibility index (Phi) is 23.2. The standard InChI is InChI=1S/C17H28N.C15H26N.C14H30N.C13H28N/c1-17(2,3)13-15-7-9-16(10-8-15)14-18(4)11-5-6-12-18;1-15(2,3)11-13-7-9-14(10-8-13)12-16(4,5)6;1-14(2,3)10-6-5-7-11-15(4)12-8-9-13-15;1-13(2,3)9-5-6-10-14(4)11-7-8-12-14/h7-10H,5-6,11-14H2,1-4H3;7-10H,11-12H2,1-6H3;5-13H2,1-4H3;5-12H2,1-4H3/q4*+1. The fourth-order valence-electron chi connectivity index (χ4n) is 10.1. The Balaban J connectivity index is 0.000000290. The van der Waals surface area contributed by atoms with E-state index in [0.717, 1.165) is 17.4 Å². The van der Waals surface area contributed by atoms with Crippen LogP contribution in [0.3, 0.4) is 0 Å². The van der Waals surface area contributed by atoms with Gasteiger partial charge >= 0.3 is 0 Å². The number of hydrogen-bond acceptors (Lipinski definition) is 0. The Morgan fingerprint density at radius 1 is 0.381 bits per heavy atom. The minimum Gasteiger partial charge on any atom is -0.327 e. The highest BCUT2D eigenvalue weighted by Crippen LogP contribution is 2.27. The zero-order valence-electron chi connectivity index (χ0n) is 46.1. The van der Waals surface area contributed by atoms with Crippen LogP contribution in [0.4, 0.5) is 0 Å². The number of rotatable bonds is 15. The predicted molar refractivity (Wildman–Crippen MR) is 281 cm³/mol. The number of benzene rings is 2. The van der Waals surface area contributed by atoms with Gasteiger partial charge in [0, 0.05) is 49.7 Å². The first-order valence-electron chi connectivity index (χ1n) is 26.3. The molecule has 0 spiro atoms. The molecule has 4 nitrogen and oxygen atoms in total. The van der Waals surface area contributed by atoms with E-state index in [1.165, 1.54) is 184 Å². The van der Waals surface area contributed by atoms with Crippen molar-refractivity contribution in [3.63, 3.8) is 0 Å². The van der Waals surface area contributed by atoms with Crippen molar-refractivity contribution in [3.8, 4) is 0 Å². The van der Waals surface area contributed by atoms with Gasteiger partial charge in [0.1, 0.15) is 13.1 Å².